The van der Waals surface area contributed by atoms with Gasteiger partial charge in [0.05, 0.1) is 0 Å². The fourth-order valence-electron chi connectivity index (χ4n) is 4.26. The standard InChI is InChI=1S/C15H28/c1-11(2)6-5-9-15(4)13-8-7-12(3)14(15)10-13/h11-14H,5-10H2,1-4H3. The lowest BCUT2D eigenvalue weighted by Crippen LogP contribution is -2.53. The van der Waals surface area contributed by atoms with E-state index in [-0.39, 0.29) is 0 Å². The second kappa shape index (κ2) is 4.11. The Bertz CT molecular complexity index is 216. The molecule has 0 heterocycles. The topological polar surface area (TPSA) is 0 Å². The van der Waals surface area contributed by atoms with Crippen molar-refractivity contribution >= 4 is 0 Å². The molecule has 0 N–H and O–H groups in total. The third-order valence-electron chi connectivity index (χ3n) is 5.47. The van der Waals surface area contributed by atoms with Gasteiger partial charge in [-0.05, 0) is 48.3 Å². The van der Waals surface area contributed by atoms with Gasteiger partial charge in [-0.15, -0.1) is 0 Å². The molecule has 3 saturated carbocycles. The average Bonchev–Trinajstić information content (AvgIpc) is 2.16. The third-order valence-corrected chi connectivity index (χ3v) is 5.47. The van der Waals surface area contributed by atoms with E-state index in [0.29, 0.717) is 0 Å². The summed E-state index contributed by atoms with van der Waals surface area (Å²) in [6.07, 6.45) is 8.99. The van der Waals surface area contributed by atoms with Gasteiger partial charge in [-0.25, -0.2) is 0 Å². The van der Waals surface area contributed by atoms with Gasteiger partial charge in [-0.1, -0.05) is 47.0 Å². The molecule has 0 nitrogen and oxygen atoms in total. The van der Waals surface area contributed by atoms with E-state index in [1.807, 2.05) is 0 Å². The second-order valence-corrected chi connectivity index (χ2v) is 6.89. The highest BCUT2D eigenvalue weighted by molar-refractivity contribution is 5.04. The van der Waals surface area contributed by atoms with Crippen molar-refractivity contribution in [2.75, 3.05) is 0 Å². The van der Waals surface area contributed by atoms with Crippen molar-refractivity contribution in [2.45, 2.75) is 66.2 Å². The summed E-state index contributed by atoms with van der Waals surface area (Å²) in [5.74, 6) is 4.07. The molecule has 0 amide bonds. The molecule has 0 radical (unpaired) electrons. The first-order valence-corrected chi connectivity index (χ1v) is 7.04. The van der Waals surface area contributed by atoms with Gasteiger partial charge in [0.15, 0.2) is 0 Å². The van der Waals surface area contributed by atoms with Crippen LogP contribution in [0.15, 0.2) is 0 Å². The normalized spacial score (nSPS) is 44.2. The van der Waals surface area contributed by atoms with Gasteiger partial charge in [-0.2, -0.15) is 0 Å². The molecule has 88 valence electrons. The highest BCUT2D eigenvalue weighted by atomic mass is 14.6. The lowest BCUT2D eigenvalue weighted by Gasteiger charge is -2.61. The molecular formula is C15H28. The number of rotatable bonds is 4. The van der Waals surface area contributed by atoms with Gasteiger partial charge in [-0.3, -0.25) is 0 Å². The molecule has 2 bridgehead atoms. The van der Waals surface area contributed by atoms with E-state index in [9.17, 15) is 0 Å². The van der Waals surface area contributed by atoms with Gasteiger partial charge < -0.3 is 0 Å². The molecule has 3 fully saturated rings. The molecule has 0 aliphatic heterocycles. The Morgan fingerprint density at radius 2 is 2.00 bits per heavy atom. The first-order chi connectivity index (χ1) is 7.04. The molecule has 0 aromatic rings. The zero-order valence-corrected chi connectivity index (χ0v) is 11.1. The predicted molar refractivity (Wildman–Crippen MR) is 66.8 cm³/mol. The molecule has 3 aliphatic rings. The van der Waals surface area contributed by atoms with E-state index in [0.717, 1.165) is 29.1 Å². The maximum absolute atomic E-state index is 2.59. The van der Waals surface area contributed by atoms with E-state index < -0.39 is 0 Å². The average molecular weight is 208 g/mol. The van der Waals surface area contributed by atoms with Crippen molar-refractivity contribution < 1.29 is 0 Å². The van der Waals surface area contributed by atoms with Crippen LogP contribution >= 0.6 is 0 Å². The molecule has 3 aliphatic carbocycles. The maximum Gasteiger partial charge on any atom is -0.0266 e. The Balaban J connectivity index is 1.85. The second-order valence-electron chi connectivity index (χ2n) is 6.89. The van der Waals surface area contributed by atoms with E-state index in [1.165, 1.54) is 32.1 Å². The Labute approximate surface area is 95.8 Å². The molecular weight excluding hydrogens is 180 g/mol. The van der Waals surface area contributed by atoms with Gasteiger partial charge in [0, 0.05) is 0 Å². The fourth-order valence-corrected chi connectivity index (χ4v) is 4.26. The molecule has 0 heteroatoms. The van der Waals surface area contributed by atoms with Crippen LogP contribution in [0.1, 0.15) is 66.2 Å². The van der Waals surface area contributed by atoms with Crippen LogP contribution in [0.3, 0.4) is 0 Å². The molecule has 3 rings (SSSR count). The molecule has 15 heavy (non-hydrogen) atoms. The Hall–Kier alpha value is 0. The predicted octanol–water partition coefficient (Wildman–Crippen LogP) is 4.89. The maximum atomic E-state index is 2.59. The van der Waals surface area contributed by atoms with Crippen LogP contribution in [0.4, 0.5) is 0 Å². The number of hydrogen-bond acceptors (Lipinski definition) is 0. The van der Waals surface area contributed by atoms with Crippen molar-refractivity contribution in [2.24, 2.45) is 29.1 Å². The first-order valence-electron chi connectivity index (χ1n) is 7.04. The number of fused-ring (bicyclic) bond motifs is 2. The summed E-state index contributed by atoms with van der Waals surface area (Å²) < 4.78 is 0. The summed E-state index contributed by atoms with van der Waals surface area (Å²) in [6, 6.07) is 0. The zero-order valence-electron chi connectivity index (χ0n) is 11.1. The molecule has 0 saturated heterocycles. The van der Waals surface area contributed by atoms with Crippen LogP contribution in [-0.2, 0) is 0 Å². The first kappa shape index (κ1) is 11.5. The van der Waals surface area contributed by atoms with E-state index in [2.05, 4.69) is 27.7 Å². The Kier molecular flexibility index (Phi) is 3.14. The monoisotopic (exact) mass is 208 g/mol. The van der Waals surface area contributed by atoms with Gasteiger partial charge in [0.25, 0.3) is 0 Å². The van der Waals surface area contributed by atoms with Crippen molar-refractivity contribution in [3.63, 3.8) is 0 Å². The minimum Gasteiger partial charge on any atom is -0.0628 e. The molecule has 0 aromatic carbocycles. The van der Waals surface area contributed by atoms with Crippen molar-refractivity contribution in [1.82, 2.24) is 0 Å². The SMILES string of the molecule is CC(C)CCCC1(C)C2CCC(C)C1C2. The fraction of sp³-hybridized carbons (Fsp3) is 1.00. The van der Waals surface area contributed by atoms with Gasteiger partial charge in [0.2, 0.25) is 0 Å². The molecule has 4 unspecified atom stereocenters. The lowest BCUT2D eigenvalue weighted by molar-refractivity contribution is -0.119. The Morgan fingerprint density at radius 3 is 2.53 bits per heavy atom. The van der Waals surface area contributed by atoms with Crippen molar-refractivity contribution in [3.8, 4) is 0 Å². The quantitative estimate of drug-likeness (QED) is 0.617. The van der Waals surface area contributed by atoms with Crippen LogP contribution in [0.5, 0.6) is 0 Å². The summed E-state index contributed by atoms with van der Waals surface area (Å²) in [6.45, 7) is 9.78. The van der Waals surface area contributed by atoms with Gasteiger partial charge >= 0.3 is 0 Å². The van der Waals surface area contributed by atoms with Gasteiger partial charge in [0.1, 0.15) is 0 Å². The smallest absolute Gasteiger partial charge is 0.0266 e. The van der Waals surface area contributed by atoms with Crippen LogP contribution in [-0.4, -0.2) is 0 Å². The highest BCUT2D eigenvalue weighted by Gasteiger charge is 2.54. The summed E-state index contributed by atoms with van der Waals surface area (Å²) in [5, 5.41) is 0. The minimum absolute atomic E-state index is 0.743. The lowest BCUT2D eigenvalue weighted by atomic mass is 9.44. The molecule has 0 spiro atoms. The van der Waals surface area contributed by atoms with Crippen molar-refractivity contribution in [3.05, 3.63) is 0 Å². The van der Waals surface area contributed by atoms with Crippen LogP contribution in [0.2, 0.25) is 0 Å². The largest absolute Gasteiger partial charge is 0.0628 e. The summed E-state index contributed by atoms with van der Waals surface area (Å²) >= 11 is 0. The summed E-state index contributed by atoms with van der Waals surface area (Å²) in [5.41, 5.74) is 0.743. The summed E-state index contributed by atoms with van der Waals surface area (Å²) in [7, 11) is 0. The Morgan fingerprint density at radius 1 is 1.27 bits per heavy atom. The van der Waals surface area contributed by atoms with Crippen molar-refractivity contribution in [1.29, 1.82) is 0 Å². The number of hydrogen-bond donors (Lipinski definition) is 0. The molecule has 4 atom stereocenters. The van der Waals surface area contributed by atoms with Crippen LogP contribution < -0.4 is 0 Å². The van der Waals surface area contributed by atoms with E-state index in [1.54, 1.807) is 6.42 Å². The van der Waals surface area contributed by atoms with Crippen LogP contribution in [0, 0.1) is 29.1 Å². The zero-order chi connectivity index (χ0) is 11.1. The van der Waals surface area contributed by atoms with E-state index in [4.69, 9.17) is 0 Å². The third kappa shape index (κ3) is 1.97. The highest BCUT2D eigenvalue weighted by Crippen LogP contribution is 2.63. The minimum atomic E-state index is 0.743. The van der Waals surface area contributed by atoms with E-state index >= 15 is 0 Å². The summed E-state index contributed by atoms with van der Waals surface area (Å²) in [4.78, 5) is 0. The molecule has 0 aromatic heterocycles. The van der Waals surface area contributed by atoms with Crippen LogP contribution in [0.25, 0.3) is 0 Å².